The molecule has 0 aromatic heterocycles. The number of hydrogen-bond donors (Lipinski definition) is 0. The Morgan fingerprint density at radius 1 is 1.05 bits per heavy atom. The van der Waals surface area contributed by atoms with Crippen molar-refractivity contribution < 1.29 is 22.7 Å². The molecule has 0 amide bonds. The van der Waals surface area contributed by atoms with E-state index in [1.165, 1.54) is 12.1 Å². The van der Waals surface area contributed by atoms with Crippen molar-refractivity contribution in [2.75, 3.05) is 0 Å². The van der Waals surface area contributed by atoms with Gasteiger partial charge >= 0.3 is 6.18 Å². The standard InChI is InChI=1S/C15H7BrF3NO2/c16-10-5-6-11-12(7-10)20(22)13(14(11)21)8-1-3-9(4-2-8)15(17,18)19/h1-7H. The van der Waals surface area contributed by atoms with Crippen molar-refractivity contribution in [2.45, 2.75) is 6.18 Å². The number of alkyl halides is 3. The minimum Gasteiger partial charge on any atom is -0.618 e. The summed E-state index contributed by atoms with van der Waals surface area (Å²) in [5, 5.41) is 12.3. The maximum absolute atomic E-state index is 12.6. The van der Waals surface area contributed by atoms with E-state index in [0.717, 1.165) is 24.3 Å². The summed E-state index contributed by atoms with van der Waals surface area (Å²) < 4.78 is 38.8. The third kappa shape index (κ3) is 2.31. The van der Waals surface area contributed by atoms with Crippen LogP contribution in [0.1, 0.15) is 21.5 Å². The molecular formula is C15H7BrF3NO2. The monoisotopic (exact) mass is 369 g/mol. The van der Waals surface area contributed by atoms with Crippen LogP contribution in [0.25, 0.3) is 0 Å². The van der Waals surface area contributed by atoms with Gasteiger partial charge in [0.05, 0.1) is 11.1 Å². The third-order valence-electron chi connectivity index (χ3n) is 3.33. The van der Waals surface area contributed by atoms with Gasteiger partial charge in [0.25, 0.3) is 11.5 Å². The number of rotatable bonds is 1. The number of carbonyl (C=O) groups excluding carboxylic acids is 1. The number of ketones is 1. The van der Waals surface area contributed by atoms with Gasteiger partial charge < -0.3 is 5.21 Å². The molecule has 0 N–H and O–H groups in total. The minimum atomic E-state index is -4.46. The van der Waals surface area contributed by atoms with Crippen LogP contribution in [-0.4, -0.2) is 16.2 Å². The van der Waals surface area contributed by atoms with Crippen LogP contribution < -0.4 is 0 Å². The summed E-state index contributed by atoms with van der Waals surface area (Å²) in [7, 11) is 0. The maximum atomic E-state index is 12.6. The van der Waals surface area contributed by atoms with Crippen molar-refractivity contribution in [2.24, 2.45) is 0 Å². The highest BCUT2D eigenvalue weighted by molar-refractivity contribution is 9.10. The number of nitrogens with zero attached hydrogens (tertiary/aromatic N) is 1. The van der Waals surface area contributed by atoms with Gasteiger partial charge in [0, 0.05) is 10.5 Å². The molecule has 0 saturated heterocycles. The lowest BCUT2D eigenvalue weighted by Gasteiger charge is -2.07. The van der Waals surface area contributed by atoms with Crippen LogP contribution >= 0.6 is 15.9 Å². The predicted octanol–water partition coefficient (Wildman–Crippen LogP) is 4.30. The smallest absolute Gasteiger partial charge is 0.416 e. The Hall–Kier alpha value is -2.15. The van der Waals surface area contributed by atoms with Gasteiger partial charge in [0.1, 0.15) is 5.56 Å². The highest BCUT2D eigenvalue weighted by Crippen LogP contribution is 2.32. The van der Waals surface area contributed by atoms with Gasteiger partial charge in [-0.05, 0) is 36.4 Å². The van der Waals surface area contributed by atoms with Crippen LogP contribution in [-0.2, 0) is 6.18 Å². The molecule has 0 bridgehead atoms. The van der Waals surface area contributed by atoms with Crippen molar-refractivity contribution in [3.05, 3.63) is 68.8 Å². The summed E-state index contributed by atoms with van der Waals surface area (Å²) >= 11 is 3.21. The van der Waals surface area contributed by atoms with E-state index in [1.54, 1.807) is 6.07 Å². The Morgan fingerprint density at radius 3 is 2.27 bits per heavy atom. The summed E-state index contributed by atoms with van der Waals surface area (Å²) in [6.07, 6.45) is -4.46. The molecule has 112 valence electrons. The average molecular weight is 370 g/mol. The molecule has 7 heteroatoms. The molecular weight excluding hydrogens is 363 g/mol. The van der Waals surface area contributed by atoms with Gasteiger partial charge in [-0.1, -0.05) is 15.9 Å². The molecule has 0 saturated carbocycles. The lowest BCUT2D eigenvalue weighted by molar-refractivity contribution is -0.355. The Labute approximate surface area is 131 Å². The highest BCUT2D eigenvalue weighted by atomic mass is 79.9. The number of Topliss-reactive ketones (excluding diaryl/α,β-unsaturated/α-hetero) is 1. The van der Waals surface area contributed by atoms with Crippen LogP contribution in [0.15, 0.2) is 46.9 Å². The second-order valence-electron chi connectivity index (χ2n) is 4.71. The maximum Gasteiger partial charge on any atom is 0.416 e. The van der Waals surface area contributed by atoms with Crippen molar-refractivity contribution in [3.63, 3.8) is 0 Å². The molecule has 0 fully saturated rings. The van der Waals surface area contributed by atoms with E-state index < -0.39 is 17.5 Å². The molecule has 1 aliphatic rings. The largest absolute Gasteiger partial charge is 0.618 e. The number of hydrogen-bond acceptors (Lipinski definition) is 2. The molecule has 1 aliphatic heterocycles. The molecule has 2 aromatic rings. The topological polar surface area (TPSA) is 43.1 Å². The molecule has 2 aromatic carbocycles. The molecule has 3 nitrogen and oxygen atoms in total. The molecule has 0 aliphatic carbocycles. The summed E-state index contributed by atoms with van der Waals surface area (Å²) in [6, 6.07) is 8.58. The van der Waals surface area contributed by atoms with E-state index in [9.17, 15) is 23.2 Å². The fraction of sp³-hybridized carbons (Fsp3) is 0.0667. The Bertz CT molecular complexity index is 811. The van der Waals surface area contributed by atoms with Gasteiger partial charge in [-0.2, -0.15) is 17.9 Å². The molecule has 0 unspecified atom stereocenters. The van der Waals surface area contributed by atoms with Crippen LogP contribution in [0.4, 0.5) is 18.9 Å². The number of benzene rings is 2. The van der Waals surface area contributed by atoms with E-state index in [-0.39, 0.29) is 22.5 Å². The number of halogens is 4. The van der Waals surface area contributed by atoms with Crippen LogP contribution in [0.3, 0.4) is 0 Å². The van der Waals surface area contributed by atoms with E-state index in [2.05, 4.69) is 15.9 Å². The quantitative estimate of drug-likeness (QED) is 0.555. The van der Waals surface area contributed by atoms with Crippen LogP contribution in [0, 0.1) is 5.21 Å². The molecule has 3 rings (SSSR count). The zero-order valence-electron chi connectivity index (χ0n) is 10.8. The second-order valence-corrected chi connectivity index (χ2v) is 5.62. The Balaban J connectivity index is 2.08. The number of fused-ring (bicyclic) bond motifs is 1. The lowest BCUT2D eigenvalue weighted by atomic mass is 10.0. The van der Waals surface area contributed by atoms with Crippen LogP contribution in [0.5, 0.6) is 0 Å². The molecule has 0 radical (unpaired) electrons. The first kappa shape index (κ1) is 14.8. The van der Waals surface area contributed by atoms with Gasteiger partial charge in [-0.15, -0.1) is 0 Å². The Kier molecular flexibility index (Phi) is 3.32. The van der Waals surface area contributed by atoms with Gasteiger partial charge in [0.15, 0.2) is 0 Å². The van der Waals surface area contributed by atoms with Crippen molar-refractivity contribution in [3.8, 4) is 0 Å². The normalized spacial score (nSPS) is 14.5. The van der Waals surface area contributed by atoms with Crippen LogP contribution in [0.2, 0.25) is 0 Å². The van der Waals surface area contributed by atoms with Gasteiger partial charge in [-0.25, -0.2) is 0 Å². The first-order valence-corrected chi connectivity index (χ1v) is 6.94. The first-order chi connectivity index (χ1) is 10.3. The first-order valence-electron chi connectivity index (χ1n) is 6.15. The van der Waals surface area contributed by atoms with E-state index in [1.807, 2.05) is 0 Å². The summed E-state index contributed by atoms with van der Waals surface area (Å²) in [5.41, 5.74) is -0.454. The molecule has 22 heavy (non-hydrogen) atoms. The lowest BCUT2D eigenvalue weighted by Crippen LogP contribution is -2.17. The van der Waals surface area contributed by atoms with E-state index in [4.69, 9.17) is 0 Å². The van der Waals surface area contributed by atoms with Crippen molar-refractivity contribution in [1.82, 2.24) is 0 Å². The zero-order valence-corrected chi connectivity index (χ0v) is 12.4. The number of carbonyl (C=O) groups is 1. The molecule has 0 spiro atoms. The fourth-order valence-corrected chi connectivity index (χ4v) is 2.62. The molecule has 1 heterocycles. The highest BCUT2D eigenvalue weighted by Gasteiger charge is 2.37. The Morgan fingerprint density at radius 2 is 1.68 bits per heavy atom. The predicted molar refractivity (Wildman–Crippen MR) is 77.3 cm³/mol. The van der Waals surface area contributed by atoms with Gasteiger partial charge in [0.2, 0.25) is 5.69 Å². The zero-order chi connectivity index (χ0) is 16.1. The minimum absolute atomic E-state index is 0.153. The van der Waals surface area contributed by atoms with Gasteiger partial charge in [-0.3, -0.25) is 4.79 Å². The average Bonchev–Trinajstić information content (AvgIpc) is 2.70. The molecule has 0 atom stereocenters. The van der Waals surface area contributed by atoms with E-state index >= 15 is 0 Å². The van der Waals surface area contributed by atoms with E-state index in [0.29, 0.717) is 9.21 Å². The van der Waals surface area contributed by atoms with Crippen molar-refractivity contribution in [1.29, 1.82) is 0 Å². The summed E-state index contributed by atoms with van der Waals surface area (Å²) in [6.45, 7) is 0. The summed E-state index contributed by atoms with van der Waals surface area (Å²) in [4.78, 5) is 12.3. The fourth-order valence-electron chi connectivity index (χ4n) is 2.27. The SMILES string of the molecule is O=C1C(c2ccc(C(F)(F)F)cc2)=[N+]([O-])c2cc(Br)ccc21. The third-order valence-corrected chi connectivity index (χ3v) is 3.82. The van der Waals surface area contributed by atoms with Crippen molar-refractivity contribution >= 4 is 33.1 Å². The second kappa shape index (κ2) is 4.95. The summed E-state index contributed by atoms with van der Waals surface area (Å²) in [5.74, 6) is -0.503.